The summed E-state index contributed by atoms with van der Waals surface area (Å²) >= 11 is 0. The Kier molecular flexibility index (Phi) is 3.48. The average Bonchev–Trinajstić information content (AvgIpc) is 2.92. The van der Waals surface area contributed by atoms with Gasteiger partial charge in [-0.15, -0.1) is 0 Å². The lowest BCUT2D eigenvalue weighted by atomic mass is 10.1. The monoisotopic (exact) mass is 270 g/mol. The molecule has 1 unspecified atom stereocenters. The Bertz CT molecular complexity index is 596. The second kappa shape index (κ2) is 5.43. The van der Waals surface area contributed by atoms with Crippen LogP contribution in [0.5, 0.6) is 11.5 Å². The number of benzene rings is 2. The van der Waals surface area contributed by atoms with Gasteiger partial charge in [0.15, 0.2) is 0 Å². The highest BCUT2D eigenvalue weighted by atomic mass is 16.5. The summed E-state index contributed by atoms with van der Waals surface area (Å²) in [6.07, 6.45) is 0.966. The van der Waals surface area contributed by atoms with Gasteiger partial charge in [0.25, 0.3) is 0 Å². The van der Waals surface area contributed by atoms with Crippen molar-refractivity contribution in [2.24, 2.45) is 5.73 Å². The first-order chi connectivity index (χ1) is 9.80. The minimum Gasteiger partial charge on any atom is -0.497 e. The van der Waals surface area contributed by atoms with Crippen LogP contribution in [-0.2, 0) is 6.42 Å². The molecule has 1 heterocycles. The minimum atomic E-state index is 0.0869. The van der Waals surface area contributed by atoms with E-state index in [1.54, 1.807) is 7.11 Å². The summed E-state index contributed by atoms with van der Waals surface area (Å²) in [7, 11) is 1.66. The quantitative estimate of drug-likeness (QED) is 0.897. The maximum Gasteiger partial charge on any atom is 0.146 e. The van der Waals surface area contributed by atoms with Crippen LogP contribution in [0.15, 0.2) is 42.5 Å². The molecule has 1 aliphatic rings. The number of fused-ring (bicyclic) bond motifs is 1. The zero-order valence-corrected chi connectivity index (χ0v) is 11.4. The molecule has 0 amide bonds. The fourth-order valence-electron chi connectivity index (χ4n) is 2.40. The van der Waals surface area contributed by atoms with E-state index in [1.807, 2.05) is 36.4 Å². The third-order valence-corrected chi connectivity index (χ3v) is 3.46. The molecule has 2 aromatic carbocycles. The normalized spacial score (nSPS) is 16.4. The Labute approximate surface area is 118 Å². The van der Waals surface area contributed by atoms with Crippen LogP contribution in [0.1, 0.15) is 5.56 Å². The smallest absolute Gasteiger partial charge is 0.146 e. The summed E-state index contributed by atoms with van der Waals surface area (Å²) in [5.74, 6) is 1.76. The first kappa shape index (κ1) is 12.8. The average molecular weight is 270 g/mol. The molecule has 3 N–H and O–H groups in total. The molecule has 0 saturated carbocycles. The van der Waals surface area contributed by atoms with Crippen LogP contribution in [-0.4, -0.2) is 19.8 Å². The molecule has 3 rings (SSSR count). The van der Waals surface area contributed by atoms with Gasteiger partial charge in [0, 0.05) is 24.2 Å². The third kappa shape index (κ3) is 2.42. The molecule has 0 aliphatic carbocycles. The van der Waals surface area contributed by atoms with Gasteiger partial charge in [-0.2, -0.15) is 0 Å². The number of ether oxygens (including phenoxy) is 2. The summed E-state index contributed by atoms with van der Waals surface area (Å²) in [5, 5.41) is 3.38. The Balaban J connectivity index is 1.83. The van der Waals surface area contributed by atoms with E-state index in [9.17, 15) is 0 Å². The molecule has 2 aromatic rings. The van der Waals surface area contributed by atoms with E-state index < -0.39 is 0 Å². The molecular formula is C16H18N2O2. The number of methoxy groups -OCH3 is 1. The predicted molar refractivity (Wildman–Crippen MR) is 79.9 cm³/mol. The van der Waals surface area contributed by atoms with Crippen molar-refractivity contribution < 1.29 is 9.47 Å². The molecule has 1 atom stereocenters. The highest BCUT2D eigenvalue weighted by molar-refractivity contribution is 5.69. The van der Waals surface area contributed by atoms with Crippen molar-refractivity contribution in [1.29, 1.82) is 0 Å². The lowest BCUT2D eigenvalue weighted by Gasteiger charge is -2.13. The third-order valence-electron chi connectivity index (χ3n) is 3.46. The molecule has 1 aliphatic heterocycles. The predicted octanol–water partition coefficient (Wildman–Crippen LogP) is 2.70. The maximum absolute atomic E-state index is 5.89. The van der Waals surface area contributed by atoms with Crippen molar-refractivity contribution in [1.82, 2.24) is 0 Å². The summed E-state index contributed by atoms with van der Waals surface area (Å²) in [4.78, 5) is 0. The molecule has 0 fully saturated rings. The van der Waals surface area contributed by atoms with Crippen LogP contribution in [0.2, 0.25) is 0 Å². The van der Waals surface area contributed by atoms with Gasteiger partial charge in [0.1, 0.15) is 17.6 Å². The zero-order chi connectivity index (χ0) is 13.9. The summed E-state index contributed by atoms with van der Waals surface area (Å²) < 4.78 is 11.0. The van der Waals surface area contributed by atoms with Crippen molar-refractivity contribution in [2.45, 2.75) is 12.5 Å². The maximum atomic E-state index is 5.89. The molecule has 20 heavy (non-hydrogen) atoms. The Morgan fingerprint density at radius 3 is 2.75 bits per heavy atom. The Morgan fingerprint density at radius 1 is 1.25 bits per heavy atom. The summed E-state index contributed by atoms with van der Waals surface area (Å²) in [5.41, 5.74) is 8.87. The number of para-hydroxylation sites is 1. The molecule has 4 heteroatoms. The van der Waals surface area contributed by atoms with Crippen LogP contribution < -0.4 is 20.5 Å². The SMILES string of the molecule is COc1ccc(Nc2cccc3c2OC(CN)C3)cc1. The number of rotatable bonds is 4. The fourth-order valence-corrected chi connectivity index (χ4v) is 2.40. The van der Waals surface area contributed by atoms with E-state index in [4.69, 9.17) is 15.2 Å². The van der Waals surface area contributed by atoms with E-state index in [0.29, 0.717) is 6.54 Å². The lowest BCUT2D eigenvalue weighted by Crippen LogP contribution is -2.24. The topological polar surface area (TPSA) is 56.5 Å². The van der Waals surface area contributed by atoms with Crippen LogP contribution >= 0.6 is 0 Å². The molecule has 0 spiro atoms. The van der Waals surface area contributed by atoms with Crippen LogP contribution in [0.4, 0.5) is 11.4 Å². The lowest BCUT2D eigenvalue weighted by molar-refractivity contribution is 0.242. The highest BCUT2D eigenvalue weighted by Crippen LogP contribution is 2.37. The summed E-state index contributed by atoms with van der Waals surface area (Å²) in [6.45, 7) is 0.538. The van der Waals surface area contributed by atoms with E-state index in [0.717, 1.165) is 29.3 Å². The minimum absolute atomic E-state index is 0.0869. The van der Waals surface area contributed by atoms with E-state index in [1.165, 1.54) is 5.56 Å². The molecule has 0 aromatic heterocycles. The van der Waals surface area contributed by atoms with Crippen molar-refractivity contribution in [3.63, 3.8) is 0 Å². The number of hydrogen-bond donors (Lipinski definition) is 2. The van der Waals surface area contributed by atoms with Crippen molar-refractivity contribution in [2.75, 3.05) is 19.0 Å². The van der Waals surface area contributed by atoms with Gasteiger partial charge in [-0.25, -0.2) is 0 Å². The molecule has 4 nitrogen and oxygen atoms in total. The van der Waals surface area contributed by atoms with Gasteiger partial charge in [-0.05, 0) is 30.3 Å². The zero-order valence-electron chi connectivity index (χ0n) is 11.4. The standard InChI is InChI=1S/C16H18N2O2/c1-19-13-7-5-12(6-8-13)18-15-4-2-3-11-9-14(10-17)20-16(11)15/h2-8,14,18H,9-10,17H2,1H3. The molecule has 0 saturated heterocycles. The first-order valence-corrected chi connectivity index (χ1v) is 6.70. The summed E-state index contributed by atoms with van der Waals surface area (Å²) in [6, 6.07) is 13.9. The second-order valence-corrected chi connectivity index (χ2v) is 4.83. The van der Waals surface area contributed by atoms with Gasteiger partial charge >= 0.3 is 0 Å². The number of nitrogens with one attached hydrogen (secondary N) is 1. The van der Waals surface area contributed by atoms with Gasteiger partial charge in [0.2, 0.25) is 0 Å². The Morgan fingerprint density at radius 2 is 2.05 bits per heavy atom. The van der Waals surface area contributed by atoms with Crippen LogP contribution in [0.3, 0.4) is 0 Å². The Hall–Kier alpha value is -2.20. The van der Waals surface area contributed by atoms with Gasteiger partial charge in [-0.1, -0.05) is 12.1 Å². The molecule has 0 radical (unpaired) electrons. The molecule has 104 valence electrons. The fraction of sp³-hybridized carbons (Fsp3) is 0.250. The highest BCUT2D eigenvalue weighted by Gasteiger charge is 2.24. The van der Waals surface area contributed by atoms with Crippen molar-refractivity contribution >= 4 is 11.4 Å². The molecular weight excluding hydrogens is 252 g/mol. The van der Waals surface area contributed by atoms with Gasteiger partial charge < -0.3 is 20.5 Å². The number of anilines is 2. The van der Waals surface area contributed by atoms with Gasteiger partial charge in [0.05, 0.1) is 12.8 Å². The van der Waals surface area contributed by atoms with Crippen molar-refractivity contribution in [3.8, 4) is 11.5 Å². The van der Waals surface area contributed by atoms with Gasteiger partial charge in [-0.3, -0.25) is 0 Å². The number of hydrogen-bond acceptors (Lipinski definition) is 4. The van der Waals surface area contributed by atoms with E-state index in [-0.39, 0.29) is 6.10 Å². The number of nitrogens with two attached hydrogens (primary N) is 1. The van der Waals surface area contributed by atoms with Crippen molar-refractivity contribution in [3.05, 3.63) is 48.0 Å². The van der Waals surface area contributed by atoms with E-state index in [2.05, 4.69) is 11.4 Å². The van der Waals surface area contributed by atoms with Crippen LogP contribution in [0.25, 0.3) is 0 Å². The second-order valence-electron chi connectivity index (χ2n) is 4.83. The van der Waals surface area contributed by atoms with E-state index >= 15 is 0 Å². The van der Waals surface area contributed by atoms with Crippen LogP contribution in [0, 0.1) is 0 Å². The largest absolute Gasteiger partial charge is 0.497 e. The first-order valence-electron chi connectivity index (χ1n) is 6.70. The molecule has 0 bridgehead atoms.